The third-order valence-electron chi connectivity index (χ3n) is 5.29. The average Bonchev–Trinajstić information content (AvgIpc) is 3.27. The van der Waals surface area contributed by atoms with Crippen LogP contribution in [0.2, 0.25) is 0 Å². The van der Waals surface area contributed by atoms with Gasteiger partial charge in [-0.25, -0.2) is 14.4 Å². The topological polar surface area (TPSA) is 104 Å². The van der Waals surface area contributed by atoms with Gasteiger partial charge < -0.3 is 23.9 Å². The molecule has 1 unspecified atom stereocenters. The molecule has 38 heavy (non-hydrogen) atoms. The number of carbonyl (C=O) groups is 3. The Morgan fingerprint density at radius 3 is 2.29 bits per heavy atom. The highest BCUT2D eigenvalue weighted by Crippen LogP contribution is 2.42. The van der Waals surface area contributed by atoms with E-state index in [9.17, 15) is 14.4 Å². The lowest BCUT2D eigenvalue weighted by Crippen LogP contribution is -2.46. The van der Waals surface area contributed by atoms with Gasteiger partial charge in [-0.2, -0.15) is 0 Å². The highest BCUT2D eigenvalue weighted by atomic mass is 33.1. The molecule has 4 rings (SSSR count). The lowest BCUT2D eigenvalue weighted by Gasteiger charge is -2.23. The van der Waals surface area contributed by atoms with Crippen LogP contribution in [0.3, 0.4) is 0 Å². The number of benzene rings is 3. The zero-order valence-corrected chi connectivity index (χ0v) is 22.9. The fourth-order valence-corrected chi connectivity index (χ4v) is 5.36. The Morgan fingerprint density at radius 1 is 0.921 bits per heavy atom. The zero-order chi connectivity index (χ0) is 27.3. The third kappa shape index (κ3) is 6.81. The summed E-state index contributed by atoms with van der Waals surface area (Å²) in [7, 11) is 3.48. The Morgan fingerprint density at radius 2 is 1.61 bits per heavy atom. The van der Waals surface area contributed by atoms with Crippen LogP contribution in [0.1, 0.15) is 26.3 Å². The number of esters is 1. The van der Waals surface area contributed by atoms with Crippen LogP contribution in [0.4, 0.5) is 9.59 Å². The van der Waals surface area contributed by atoms with Crippen molar-refractivity contribution in [3.8, 4) is 5.75 Å². The normalized spacial score (nSPS) is 12.2. The largest absolute Gasteiger partial charge is 0.460 e. The first kappa shape index (κ1) is 27.4. The number of amides is 1. The van der Waals surface area contributed by atoms with Crippen molar-refractivity contribution in [1.29, 1.82) is 0 Å². The van der Waals surface area contributed by atoms with Gasteiger partial charge in [0.05, 0.1) is 12.0 Å². The summed E-state index contributed by atoms with van der Waals surface area (Å²) in [6.07, 6.45) is -0.511. The smallest absolute Gasteiger partial charge is 0.408 e. The van der Waals surface area contributed by atoms with Crippen molar-refractivity contribution in [3.05, 3.63) is 72.3 Å². The molecule has 0 aliphatic rings. The Kier molecular flexibility index (Phi) is 8.53. The number of methoxy groups -OCH3 is 1. The predicted octanol–water partition coefficient (Wildman–Crippen LogP) is 7.13. The van der Waals surface area contributed by atoms with Gasteiger partial charge >= 0.3 is 17.4 Å². The number of hydrogen-bond donors (Lipinski definition) is 1. The molecule has 0 saturated carbocycles. The molecule has 0 fully saturated rings. The zero-order valence-electron chi connectivity index (χ0n) is 21.3. The van der Waals surface area contributed by atoms with Gasteiger partial charge in [0.2, 0.25) is 0 Å². The fraction of sp³-hybridized carbons (Fsp3) is 0.250. The molecular weight excluding hydrogens is 526 g/mol. The molecule has 0 saturated heterocycles. The molecule has 0 aliphatic heterocycles. The van der Waals surface area contributed by atoms with Crippen molar-refractivity contribution in [3.63, 3.8) is 0 Å². The minimum absolute atomic E-state index is 0.209. The van der Waals surface area contributed by atoms with Crippen LogP contribution in [0.25, 0.3) is 21.9 Å². The number of alkyl carbamates (subject to hydrolysis) is 1. The van der Waals surface area contributed by atoms with E-state index >= 15 is 0 Å². The number of furan rings is 1. The molecule has 0 bridgehead atoms. The predicted molar refractivity (Wildman–Crippen MR) is 149 cm³/mol. The second-order valence-electron chi connectivity index (χ2n) is 9.30. The first-order valence-electron chi connectivity index (χ1n) is 11.8. The van der Waals surface area contributed by atoms with Crippen molar-refractivity contribution < 1.29 is 33.0 Å². The summed E-state index contributed by atoms with van der Waals surface area (Å²) < 4.78 is 22.0. The molecule has 1 aromatic heterocycles. The van der Waals surface area contributed by atoms with E-state index in [1.807, 2.05) is 54.6 Å². The number of nitrogens with one attached hydrogen (secondary N) is 1. The summed E-state index contributed by atoms with van der Waals surface area (Å²) in [6.45, 7) is 5.24. The summed E-state index contributed by atoms with van der Waals surface area (Å²) >= 11 is 0. The van der Waals surface area contributed by atoms with Gasteiger partial charge in [0, 0.05) is 28.0 Å². The average molecular weight is 554 g/mol. The molecule has 0 spiro atoms. The van der Waals surface area contributed by atoms with Crippen LogP contribution < -0.4 is 10.1 Å². The van der Waals surface area contributed by atoms with Gasteiger partial charge in [-0.1, -0.05) is 54.6 Å². The van der Waals surface area contributed by atoms with Crippen LogP contribution in [-0.2, 0) is 20.7 Å². The Bertz CT molecular complexity index is 1460. The van der Waals surface area contributed by atoms with Crippen molar-refractivity contribution in [2.75, 3.05) is 7.11 Å². The molecule has 8 nitrogen and oxygen atoms in total. The molecule has 4 aromatic rings. The highest BCUT2D eigenvalue weighted by Gasteiger charge is 2.27. The number of fused-ring (bicyclic) bond motifs is 3. The molecule has 1 atom stereocenters. The molecule has 198 valence electrons. The van der Waals surface area contributed by atoms with E-state index in [2.05, 4.69) is 5.32 Å². The Hall–Kier alpha value is -3.63. The van der Waals surface area contributed by atoms with Crippen LogP contribution >= 0.6 is 21.6 Å². The second kappa shape index (κ2) is 11.8. The molecule has 10 heteroatoms. The van der Waals surface area contributed by atoms with Crippen LogP contribution in [0.15, 0.2) is 76.0 Å². The first-order valence-corrected chi connectivity index (χ1v) is 13.9. The van der Waals surface area contributed by atoms with Gasteiger partial charge in [0.1, 0.15) is 17.2 Å². The van der Waals surface area contributed by atoms with Gasteiger partial charge in [-0.3, -0.25) is 0 Å². The number of ether oxygens (including phenoxy) is 3. The Balaban J connectivity index is 1.63. The standard InChI is InChI=1S/C28H27NO7S2/c1-28(2,3)36-26(31)29-20(16-17-10-6-5-7-11-17)25(30)34-21-14-8-12-18-19-13-9-15-22(24(19)35-23(18)21)37-38-27(32)33-4/h5-15,20H,16H2,1-4H3,(H,29,31). The number of carbonyl (C=O) groups excluding carboxylic acids is 3. The SMILES string of the molecule is COC(=O)SSc1cccc2c1oc1c(OC(=O)C(Cc3ccccc3)NC(=O)OC(C)(C)C)cccc12. The third-order valence-corrected chi connectivity index (χ3v) is 7.37. The van der Waals surface area contributed by atoms with E-state index in [4.69, 9.17) is 18.6 Å². The summed E-state index contributed by atoms with van der Waals surface area (Å²) in [5.74, 6) is -0.451. The quantitative estimate of drug-likeness (QED) is 0.145. The maximum absolute atomic E-state index is 13.4. The first-order chi connectivity index (χ1) is 18.1. The molecule has 1 heterocycles. The summed E-state index contributed by atoms with van der Waals surface area (Å²) in [5, 5.41) is 3.76. The van der Waals surface area contributed by atoms with Gasteiger partial charge in [-0.05, 0) is 49.3 Å². The summed E-state index contributed by atoms with van der Waals surface area (Å²) in [5.41, 5.74) is 1.05. The number of hydrogen-bond acceptors (Lipinski definition) is 9. The minimum atomic E-state index is -1.01. The van der Waals surface area contributed by atoms with Gasteiger partial charge in [0.25, 0.3) is 0 Å². The summed E-state index contributed by atoms with van der Waals surface area (Å²) in [4.78, 5) is 38.2. The molecule has 3 aromatic carbocycles. The van der Waals surface area contributed by atoms with Crippen molar-refractivity contribution in [2.24, 2.45) is 0 Å². The number of para-hydroxylation sites is 2. The lowest BCUT2D eigenvalue weighted by molar-refractivity contribution is -0.136. The summed E-state index contributed by atoms with van der Waals surface area (Å²) in [6, 6.07) is 19.1. The van der Waals surface area contributed by atoms with Crippen molar-refractivity contribution in [2.45, 2.75) is 43.7 Å². The molecule has 0 aliphatic carbocycles. The highest BCUT2D eigenvalue weighted by molar-refractivity contribution is 8.82. The van der Waals surface area contributed by atoms with Crippen molar-refractivity contribution >= 4 is 60.9 Å². The monoisotopic (exact) mass is 553 g/mol. The van der Waals surface area contributed by atoms with E-state index in [1.54, 1.807) is 32.9 Å². The number of rotatable bonds is 7. The van der Waals surface area contributed by atoms with E-state index in [1.165, 1.54) is 17.9 Å². The molecular formula is C28H27NO7S2. The van der Waals surface area contributed by atoms with Gasteiger partial charge in [0.15, 0.2) is 11.3 Å². The molecule has 1 N–H and O–H groups in total. The molecule has 0 radical (unpaired) electrons. The lowest BCUT2D eigenvalue weighted by atomic mass is 10.1. The van der Waals surface area contributed by atoms with E-state index in [-0.39, 0.29) is 12.2 Å². The van der Waals surface area contributed by atoms with E-state index in [0.29, 0.717) is 11.2 Å². The van der Waals surface area contributed by atoms with Crippen LogP contribution in [-0.4, -0.2) is 36.1 Å². The minimum Gasteiger partial charge on any atom is -0.460 e. The maximum Gasteiger partial charge on any atom is 0.408 e. The molecule has 1 amide bonds. The fourth-order valence-electron chi connectivity index (χ4n) is 3.70. The van der Waals surface area contributed by atoms with E-state index in [0.717, 1.165) is 32.0 Å². The van der Waals surface area contributed by atoms with Crippen LogP contribution in [0.5, 0.6) is 5.75 Å². The van der Waals surface area contributed by atoms with Crippen molar-refractivity contribution in [1.82, 2.24) is 5.32 Å². The Labute approximate surface area is 227 Å². The second-order valence-corrected chi connectivity index (χ2v) is 11.4. The van der Waals surface area contributed by atoms with E-state index < -0.39 is 29.0 Å². The van der Waals surface area contributed by atoms with Crippen LogP contribution in [0, 0.1) is 0 Å². The maximum atomic E-state index is 13.4. The van der Waals surface area contributed by atoms with Gasteiger partial charge in [-0.15, -0.1) is 0 Å².